The van der Waals surface area contributed by atoms with Gasteiger partial charge in [-0.2, -0.15) is 0 Å². The summed E-state index contributed by atoms with van der Waals surface area (Å²) in [5, 5.41) is 4.04. The summed E-state index contributed by atoms with van der Waals surface area (Å²) in [4.78, 5) is 31.7. The maximum absolute atomic E-state index is 13.4. The van der Waals surface area contributed by atoms with Gasteiger partial charge in [-0.15, -0.1) is 0 Å². The Labute approximate surface area is 196 Å². The Kier molecular flexibility index (Phi) is 4.59. The van der Waals surface area contributed by atoms with Crippen LogP contribution in [-0.2, 0) is 9.59 Å². The van der Waals surface area contributed by atoms with E-state index in [1.807, 2.05) is 42.4 Å². The number of rotatable bonds is 2. The van der Waals surface area contributed by atoms with Crippen molar-refractivity contribution in [1.82, 2.24) is 9.88 Å². The van der Waals surface area contributed by atoms with E-state index < -0.39 is 0 Å². The zero-order valence-electron chi connectivity index (χ0n) is 20.0. The molecule has 2 heterocycles. The Morgan fingerprint density at radius 2 is 1.94 bits per heavy atom. The molecule has 1 aromatic heterocycles. The van der Waals surface area contributed by atoms with Crippen molar-refractivity contribution in [3.63, 3.8) is 0 Å². The fraction of sp³-hybridized carbons (Fsp3) is 0.571. The van der Waals surface area contributed by atoms with Crippen molar-refractivity contribution in [2.24, 2.45) is 28.6 Å². The first kappa shape index (κ1) is 21.0. The number of carbonyl (C=O) groups is 2. The predicted octanol–water partition coefficient (Wildman–Crippen LogP) is 5.51. The summed E-state index contributed by atoms with van der Waals surface area (Å²) in [7, 11) is 1.90. The molecule has 5 nitrogen and oxygen atoms in total. The van der Waals surface area contributed by atoms with Crippen LogP contribution in [0.15, 0.2) is 42.1 Å². The largest absolute Gasteiger partial charge is 0.361 e. The van der Waals surface area contributed by atoms with Crippen molar-refractivity contribution >= 4 is 28.4 Å². The van der Waals surface area contributed by atoms with Gasteiger partial charge in [0, 0.05) is 41.3 Å². The summed E-state index contributed by atoms with van der Waals surface area (Å²) in [5.41, 5.74) is 2.41. The molecule has 0 bridgehead atoms. The average molecular weight is 446 g/mol. The van der Waals surface area contributed by atoms with Crippen molar-refractivity contribution in [1.29, 1.82) is 0 Å². The van der Waals surface area contributed by atoms with Crippen LogP contribution in [0.25, 0.3) is 10.9 Å². The lowest BCUT2D eigenvalue weighted by Crippen LogP contribution is -2.60. The van der Waals surface area contributed by atoms with Crippen LogP contribution < -0.4 is 5.32 Å². The zero-order chi connectivity index (χ0) is 23.0. The molecule has 3 fully saturated rings. The maximum atomic E-state index is 13.4. The van der Waals surface area contributed by atoms with Crippen molar-refractivity contribution in [2.45, 2.75) is 64.8 Å². The smallest absolute Gasteiger partial charge is 0.260 e. The molecule has 0 saturated heterocycles. The SMILES string of the molecule is CN1C(=O)C(C(=O)Nc2ccc3[nH]ccc3c2)=C[C@@]2(C)C1CC[C@@H]1[C@H]2CC[C@]2(C)CCC[C@@H]12. The second-order valence-electron chi connectivity index (χ2n) is 11.6. The van der Waals surface area contributed by atoms with E-state index in [9.17, 15) is 9.59 Å². The number of anilines is 1. The molecular weight excluding hydrogens is 410 g/mol. The summed E-state index contributed by atoms with van der Waals surface area (Å²) in [6.07, 6.45) is 12.8. The van der Waals surface area contributed by atoms with E-state index in [2.05, 4.69) is 30.2 Å². The lowest BCUT2D eigenvalue weighted by Gasteiger charge is -2.60. The van der Waals surface area contributed by atoms with Gasteiger partial charge in [0.15, 0.2) is 0 Å². The number of benzene rings is 1. The quantitative estimate of drug-likeness (QED) is 0.599. The number of nitrogens with zero attached hydrogens (tertiary/aromatic N) is 1. The van der Waals surface area contributed by atoms with Gasteiger partial charge in [0.25, 0.3) is 11.8 Å². The van der Waals surface area contributed by atoms with E-state index in [4.69, 9.17) is 0 Å². The molecule has 2 amide bonds. The number of fused-ring (bicyclic) bond motifs is 6. The third-order valence-corrected chi connectivity index (χ3v) is 10.0. The second-order valence-corrected chi connectivity index (χ2v) is 11.6. The number of hydrogen-bond acceptors (Lipinski definition) is 2. The Hall–Kier alpha value is -2.56. The fourth-order valence-electron chi connectivity index (χ4n) is 8.37. The number of nitrogens with one attached hydrogen (secondary N) is 2. The van der Waals surface area contributed by atoms with Gasteiger partial charge in [0.05, 0.1) is 0 Å². The predicted molar refractivity (Wildman–Crippen MR) is 131 cm³/mol. The molecule has 0 radical (unpaired) electrons. The van der Waals surface area contributed by atoms with Gasteiger partial charge in [-0.3, -0.25) is 9.59 Å². The molecule has 6 atom stereocenters. The molecule has 1 unspecified atom stereocenters. The lowest BCUT2D eigenvalue weighted by molar-refractivity contribution is -0.141. The molecule has 174 valence electrons. The van der Waals surface area contributed by atoms with E-state index >= 15 is 0 Å². The zero-order valence-corrected chi connectivity index (χ0v) is 20.0. The molecule has 3 aliphatic carbocycles. The van der Waals surface area contributed by atoms with E-state index in [0.29, 0.717) is 22.8 Å². The minimum atomic E-state index is -0.287. The van der Waals surface area contributed by atoms with Crippen molar-refractivity contribution in [3.8, 4) is 0 Å². The van der Waals surface area contributed by atoms with Gasteiger partial charge in [-0.1, -0.05) is 26.3 Å². The summed E-state index contributed by atoms with van der Waals surface area (Å²) >= 11 is 0. The minimum absolute atomic E-state index is 0.141. The molecule has 33 heavy (non-hydrogen) atoms. The van der Waals surface area contributed by atoms with Gasteiger partial charge in [-0.25, -0.2) is 0 Å². The first-order valence-corrected chi connectivity index (χ1v) is 12.7. The summed E-state index contributed by atoms with van der Waals surface area (Å²) in [5.74, 6) is 1.63. The molecular formula is C28H35N3O2. The Morgan fingerprint density at radius 1 is 1.09 bits per heavy atom. The number of aromatic nitrogens is 1. The number of aromatic amines is 1. The van der Waals surface area contributed by atoms with E-state index in [1.165, 1.54) is 38.5 Å². The molecule has 2 N–H and O–H groups in total. The Balaban J connectivity index is 1.33. The molecule has 2 aromatic rings. The van der Waals surface area contributed by atoms with Crippen LogP contribution in [-0.4, -0.2) is 34.8 Å². The van der Waals surface area contributed by atoms with Crippen LogP contribution in [0.5, 0.6) is 0 Å². The van der Waals surface area contributed by atoms with Gasteiger partial charge in [-0.05, 0) is 86.0 Å². The Bertz CT molecular complexity index is 1160. The van der Waals surface area contributed by atoms with E-state index in [-0.39, 0.29) is 23.3 Å². The maximum Gasteiger partial charge on any atom is 0.260 e. The van der Waals surface area contributed by atoms with Crippen molar-refractivity contribution < 1.29 is 9.59 Å². The van der Waals surface area contributed by atoms with Gasteiger partial charge < -0.3 is 15.2 Å². The first-order chi connectivity index (χ1) is 15.8. The van der Waals surface area contributed by atoms with Gasteiger partial charge in [0.1, 0.15) is 5.57 Å². The van der Waals surface area contributed by atoms with Crippen LogP contribution >= 0.6 is 0 Å². The summed E-state index contributed by atoms with van der Waals surface area (Å²) < 4.78 is 0. The molecule has 1 aromatic carbocycles. The third kappa shape index (κ3) is 3.04. The highest BCUT2D eigenvalue weighted by Crippen LogP contribution is 2.64. The number of likely N-dealkylation sites (N-methyl/N-ethyl adjacent to an activating group) is 1. The monoisotopic (exact) mass is 445 g/mol. The summed E-state index contributed by atoms with van der Waals surface area (Å²) in [6.45, 7) is 4.84. The molecule has 0 spiro atoms. The molecule has 4 aliphatic rings. The van der Waals surface area contributed by atoms with Crippen LogP contribution in [0.4, 0.5) is 5.69 Å². The second kappa shape index (κ2) is 7.22. The highest BCUT2D eigenvalue weighted by atomic mass is 16.2. The minimum Gasteiger partial charge on any atom is -0.361 e. The normalized spacial score (nSPS) is 37.8. The fourth-order valence-corrected chi connectivity index (χ4v) is 8.37. The number of amides is 2. The van der Waals surface area contributed by atoms with Gasteiger partial charge in [0.2, 0.25) is 0 Å². The van der Waals surface area contributed by atoms with Crippen LogP contribution in [0, 0.1) is 28.6 Å². The van der Waals surface area contributed by atoms with Crippen LogP contribution in [0.3, 0.4) is 0 Å². The van der Waals surface area contributed by atoms with E-state index in [1.54, 1.807) is 0 Å². The Morgan fingerprint density at radius 3 is 2.79 bits per heavy atom. The number of carbonyl (C=O) groups excluding carboxylic acids is 2. The number of hydrogen-bond donors (Lipinski definition) is 2. The van der Waals surface area contributed by atoms with Gasteiger partial charge >= 0.3 is 0 Å². The average Bonchev–Trinajstić information content (AvgIpc) is 3.42. The molecule has 5 heteroatoms. The highest BCUT2D eigenvalue weighted by Gasteiger charge is 2.59. The lowest BCUT2D eigenvalue weighted by atomic mass is 9.48. The molecule has 3 saturated carbocycles. The van der Waals surface area contributed by atoms with Crippen LogP contribution in [0.1, 0.15) is 58.8 Å². The number of H-pyrrole nitrogens is 1. The highest BCUT2D eigenvalue weighted by molar-refractivity contribution is 6.23. The topological polar surface area (TPSA) is 65.2 Å². The van der Waals surface area contributed by atoms with E-state index in [0.717, 1.165) is 28.9 Å². The van der Waals surface area contributed by atoms with Crippen molar-refractivity contribution in [3.05, 3.63) is 42.1 Å². The standard InChI is InChI=1S/C28H35N3O2/c1-27-12-4-5-21(27)19-7-9-24-28(2,22(19)10-13-27)16-20(26(33)31(24)3)25(32)30-18-6-8-23-17(15-18)11-14-29-23/h6,8,11,14-16,19,21-22,24,29H,4-5,7,9-10,12-13H2,1-3H3,(H,30,32)/t19-,21-,22+,24?,27-,28+/m0/s1. The molecule has 6 rings (SSSR count). The first-order valence-electron chi connectivity index (χ1n) is 12.7. The third-order valence-electron chi connectivity index (χ3n) is 10.0. The van der Waals surface area contributed by atoms with Crippen molar-refractivity contribution in [2.75, 3.05) is 12.4 Å². The summed E-state index contributed by atoms with van der Waals surface area (Å²) in [6, 6.07) is 7.96. The van der Waals surface area contributed by atoms with Crippen LogP contribution in [0.2, 0.25) is 0 Å². The molecule has 1 aliphatic heterocycles.